The molecule has 19 heavy (non-hydrogen) atoms. The number of nitrogens with zero attached hydrogens (tertiary/aromatic N) is 2. The third-order valence-corrected chi connectivity index (χ3v) is 3.72. The predicted molar refractivity (Wildman–Crippen MR) is 80.9 cm³/mol. The molecule has 1 aromatic carbocycles. The molecule has 0 bridgehead atoms. The highest BCUT2D eigenvalue weighted by Gasteiger charge is 2.26. The molecule has 1 heterocycles. The van der Waals surface area contributed by atoms with Gasteiger partial charge < -0.3 is 5.11 Å². The Bertz CT molecular complexity index is 602. The minimum Gasteiger partial charge on any atom is -0.391 e. The Morgan fingerprint density at radius 3 is 2.53 bits per heavy atom. The standard InChI is InChI=1S/C14H16BrClN2O/c1-14(2,3)12-11(8-19)13(16)18(17-12)10-6-4-5-9(15)7-10/h4-7,19H,8H2,1-3H3. The highest BCUT2D eigenvalue weighted by atomic mass is 79.9. The van der Waals surface area contributed by atoms with Gasteiger partial charge in [-0.2, -0.15) is 5.10 Å². The molecule has 0 spiro atoms. The van der Waals surface area contributed by atoms with Gasteiger partial charge in [-0.25, -0.2) is 4.68 Å². The van der Waals surface area contributed by atoms with Gasteiger partial charge in [0.1, 0.15) is 5.15 Å². The topological polar surface area (TPSA) is 38.0 Å². The second-order valence-electron chi connectivity index (χ2n) is 5.42. The van der Waals surface area contributed by atoms with Crippen molar-refractivity contribution in [1.82, 2.24) is 9.78 Å². The molecular formula is C14H16BrClN2O. The van der Waals surface area contributed by atoms with Gasteiger partial charge in [0.15, 0.2) is 0 Å². The first-order chi connectivity index (χ1) is 8.84. The summed E-state index contributed by atoms with van der Waals surface area (Å²) in [6.45, 7) is 6.04. The molecule has 0 aliphatic carbocycles. The van der Waals surface area contributed by atoms with Gasteiger partial charge in [0.05, 0.1) is 18.0 Å². The first-order valence-electron chi connectivity index (χ1n) is 5.99. The maximum Gasteiger partial charge on any atom is 0.138 e. The van der Waals surface area contributed by atoms with Crippen LogP contribution in [0.15, 0.2) is 28.7 Å². The molecule has 0 aliphatic rings. The Kier molecular flexibility index (Phi) is 4.04. The molecule has 0 saturated heterocycles. The lowest BCUT2D eigenvalue weighted by atomic mass is 9.90. The monoisotopic (exact) mass is 342 g/mol. The number of hydrogen-bond acceptors (Lipinski definition) is 2. The van der Waals surface area contributed by atoms with Crippen molar-refractivity contribution in [1.29, 1.82) is 0 Å². The second kappa shape index (κ2) is 5.27. The van der Waals surface area contributed by atoms with E-state index in [9.17, 15) is 5.11 Å². The predicted octanol–water partition coefficient (Wildman–Crippen LogP) is 4.08. The number of aromatic nitrogens is 2. The van der Waals surface area contributed by atoms with Crippen molar-refractivity contribution in [3.05, 3.63) is 45.1 Å². The smallest absolute Gasteiger partial charge is 0.138 e. The highest BCUT2D eigenvalue weighted by Crippen LogP contribution is 2.32. The molecular weight excluding hydrogens is 328 g/mol. The van der Waals surface area contributed by atoms with Crippen molar-refractivity contribution >= 4 is 27.5 Å². The highest BCUT2D eigenvalue weighted by molar-refractivity contribution is 9.10. The Hall–Kier alpha value is -0.840. The summed E-state index contributed by atoms with van der Waals surface area (Å²) in [7, 11) is 0. The SMILES string of the molecule is CC(C)(C)c1nn(-c2cccc(Br)c2)c(Cl)c1CO. The fraction of sp³-hybridized carbons (Fsp3) is 0.357. The minimum atomic E-state index is -0.168. The second-order valence-corrected chi connectivity index (χ2v) is 6.69. The maximum absolute atomic E-state index is 9.53. The van der Waals surface area contributed by atoms with Gasteiger partial charge in [-0.15, -0.1) is 0 Å². The molecule has 3 nitrogen and oxygen atoms in total. The molecule has 1 aromatic heterocycles. The van der Waals surface area contributed by atoms with E-state index >= 15 is 0 Å². The quantitative estimate of drug-likeness (QED) is 0.892. The average molecular weight is 344 g/mol. The number of aliphatic hydroxyl groups is 1. The maximum atomic E-state index is 9.53. The van der Waals surface area contributed by atoms with Crippen molar-refractivity contribution < 1.29 is 5.11 Å². The lowest BCUT2D eigenvalue weighted by Crippen LogP contribution is -2.14. The van der Waals surface area contributed by atoms with Crippen LogP contribution in [-0.2, 0) is 12.0 Å². The van der Waals surface area contributed by atoms with Gasteiger partial charge in [0.2, 0.25) is 0 Å². The third kappa shape index (κ3) is 2.86. The molecule has 5 heteroatoms. The minimum absolute atomic E-state index is 0.112. The molecule has 0 radical (unpaired) electrons. The van der Waals surface area contributed by atoms with Gasteiger partial charge in [0, 0.05) is 15.5 Å². The summed E-state index contributed by atoms with van der Waals surface area (Å²) >= 11 is 9.78. The van der Waals surface area contributed by atoms with Crippen LogP contribution < -0.4 is 0 Å². The van der Waals surface area contributed by atoms with E-state index in [-0.39, 0.29) is 12.0 Å². The normalized spacial score (nSPS) is 11.9. The van der Waals surface area contributed by atoms with Gasteiger partial charge in [-0.05, 0) is 18.2 Å². The van der Waals surface area contributed by atoms with Crippen LogP contribution in [-0.4, -0.2) is 14.9 Å². The first-order valence-corrected chi connectivity index (χ1v) is 7.16. The molecule has 1 N–H and O–H groups in total. The Morgan fingerprint density at radius 1 is 1.37 bits per heavy atom. The number of benzene rings is 1. The van der Waals surface area contributed by atoms with Crippen LogP contribution in [0.4, 0.5) is 0 Å². The van der Waals surface area contributed by atoms with E-state index in [4.69, 9.17) is 11.6 Å². The van der Waals surface area contributed by atoms with Crippen LogP contribution in [0, 0.1) is 0 Å². The van der Waals surface area contributed by atoms with Crippen LogP contribution in [0.1, 0.15) is 32.0 Å². The number of hydrogen-bond donors (Lipinski definition) is 1. The average Bonchev–Trinajstić information content (AvgIpc) is 2.66. The van der Waals surface area contributed by atoms with Crippen LogP contribution in [0.3, 0.4) is 0 Å². The zero-order valence-corrected chi connectivity index (χ0v) is 13.5. The molecule has 0 atom stereocenters. The van der Waals surface area contributed by atoms with Crippen LogP contribution in [0.2, 0.25) is 5.15 Å². The van der Waals surface area contributed by atoms with E-state index in [1.165, 1.54) is 0 Å². The summed E-state index contributed by atoms with van der Waals surface area (Å²) in [5, 5.41) is 14.6. The van der Waals surface area contributed by atoms with Gasteiger partial charge >= 0.3 is 0 Å². The van der Waals surface area contributed by atoms with Crippen molar-refractivity contribution in [2.24, 2.45) is 0 Å². The van der Waals surface area contributed by atoms with Gasteiger partial charge in [0.25, 0.3) is 0 Å². The summed E-state index contributed by atoms with van der Waals surface area (Å²) in [6, 6.07) is 7.73. The third-order valence-electron chi connectivity index (χ3n) is 2.84. The van der Waals surface area contributed by atoms with Crippen molar-refractivity contribution in [2.75, 3.05) is 0 Å². The molecule has 102 valence electrons. The van der Waals surface area contributed by atoms with Crippen LogP contribution >= 0.6 is 27.5 Å². The Morgan fingerprint density at radius 2 is 2.05 bits per heavy atom. The van der Waals surface area contributed by atoms with Gasteiger partial charge in [-0.1, -0.05) is 54.4 Å². The number of halogens is 2. The zero-order valence-electron chi connectivity index (χ0n) is 11.1. The Labute approximate surface area is 126 Å². The molecule has 2 rings (SSSR count). The number of rotatable bonds is 2. The first kappa shape index (κ1) is 14.6. The van der Waals surface area contributed by atoms with E-state index in [1.54, 1.807) is 4.68 Å². The molecule has 0 aliphatic heterocycles. The zero-order chi connectivity index (χ0) is 14.2. The summed E-state index contributed by atoms with van der Waals surface area (Å²) < 4.78 is 2.62. The summed E-state index contributed by atoms with van der Waals surface area (Å²) in [5.74, 6) is 0. The number of aliphatic hydroxyl groups excluding tert-OH is 1. The van der Waals surface area contributed by atoms with E-state index in [1.807, 2.05) is 24.3 Å². The summed E-state index contributed by atoms with van der Waals surface area (Å²) in [4.78, 5) is 0. The lowest BCUT2D eigenvalue weighted by Gasteiger charge is -2.16. The van der Waals surface area contributed by atoms with Crippen molar-refractivity contribution in [3.63, 3.8) is 0 Å². The fourth-order valence-electron chi connectivity index (χ4n) is 1.95. The molecule has 2 aromatic rings. The van der Waals surface area contributed by atoms with Crippen molar-refractivity contribution in [2.45, 2.75) is 32.8 Å². The van der Waals surface area contributed by atoms with E-state index in [2.05, 4.69) is 41.8 Å². The van der Waals surface area contributed by atoms with E-state index < -0.39 is 0 Å². The van der Waals surface area contributed by atoms with Gasteiger partial charge in [-0.3, -0.25) is 0 Å². The Balaban J connectivity index is 2.63. The molecule has 0 unspecified atom stereocenters. The van der Waals surface area contributed by atoms with Crippen LogP contribution in [0.25, 0.3) is 5.69 Å². The summed E-state index contributed by atoms with van der Waals surface area (Å²) in [5.41, 5.74) is 2.21. The van der Waals surface area contributed by atoms with E-state index in [0.29, 0.717) is 10.7 Å². The summed E-state index contributed by atoms with van der Waals surface area (Å²) in [6.07, 6.45) is 0. The van der Waals surface area contributed by atoms with Crippen molar-refractivity contribution in [3.8, 4) is 5.69 Å². The van der Waals surface area contributed by atoms with E-state index in [0.717, 1.165) is 15.9 Å². The molecule has 0 fully saturated rings. The molecule has 0 amide bonds. The van der Waals surface area contributed by atoms with Crippen LogP contribution in [0.5, 0.6) is 0 Å². The lowest BCUT2D eigenvalue weighted by molar-refractivity contribution is 0.278. The largest absolute Gasteiger partial charge is 0.391 e. The fourth-order valence-corrected chi connectivity index (χ4v) is 2.62. The molecule has 0 saturated carbocycles.